The molecule has 1 fully saturated rings. The fourth-order valence-corrected chi connectivity index (χ4v) is 2.30. The van der Waals surface area contributed by atoms with Crippen LogP contribution >= 0.6 is 0 Å². The molecule has 0 aliphatic carbocycles. The summed E-state index contributed by atoms with van der Waals surface area (Å²) in [4.78, 5) is 22.0. The molecule has 0 saturated carbocycles. The number of amides is 1. The highest BCUT2D eigenvalue weighted by molar-refractivity contribution is 5.98. The summed E-state index contributed by atoms with van der Waals surface area (Å²) in [7, 11) is 0. The lowest BCUT2D eigenvalue weighted by atomic mass is 10.1. The summed E-state index contributed by atoms with van der Waals surface area (Å²) in [5.41, 5.74) is -0.619. The van der Waals surface area contributed by atoms with Crippen molar-refractivity contribution >= 4 is 11.6 Å². The highest BCUT2D eigenvalue weighted by Gasteiger charge is 2.21. The molecule has 108 valence electrons. The molecule has 6 nitrogen and oxygen atoms in total. The number of rotatable bonds is 5. The van der Waals surface area contributed by atoms with Gasteiger partial charge in [0.1, 0.15) is 11.4 Å². The number of hydrogen-bond acceptors (Lipinski definition) is 4. The van der Waals surface area contributed by atoms with Crippen molar-refractivity contribution in [2.45, 2.75) is 12.8 Å². The Morgan fingerprint density at radius 1 is 1.55 bits per heavy atom. The van der Waals surface area contributed by atoms with Crippen LogP contribution in [0.2, 0.25) is 0 Å². The number of carbonyl (C=O) groups is 1. The Morgan fingerprint density at radius 3 is 3.00 bits per heavy atom. The number of nitro benzene ring substituents is 1. The van der Waals surface area contributed by atoms with Gasteiger partial charge in [0.15, 0.2) is 0 Å². The van der Waals surface area contributed by atoms with Crippen molar-refractivity contribution in [1.82, 2.24) is 10.6 Å². The average Bonchev–Trinajstić information content (AvgIpc) is 2.91. The van der Waals surface area contributed by atoms with Gasteiger partial charge < -0.3 is 10.6 Å². The van der Waals surface area contributed by atoms with Crippen LogP contribution in [0.1, 0.15) is 23.2 Å². The second kappa shape index (κ2) is 6.42. The molecule has 2 N–H and O–H groups in total. The zero-order valence-electron chi connectivity index (χ0n) is 10.9. The zero-order chi connectivity index (χ0) is 14.5. The van der Waals surface area contributed by atoms with Crippen LogP contribution < -0.4 is 10.6 Å². The minimum Gasteiger partial charge on any atom is -0.352 e. The molecule has 1 aromatic carbocycles. The Labute approximate surface area is 115 Å². The molecule has 7 heteroatoms. The van der Waals surface area contributed by atoms with E-state index < -0.39 is 16.6 Å². The van der Waals surface area contributed by atoms with Gasteiger partial charge in [-0.2, -0.15) is 0 Å². The van der Waals surface area contributed by atoms with Gasteiger partial charge in [0.25, 0.3) is 11.6 Å². The normalized spacial score (nSPS) is 17.9. The van der Waals surface area contributed by atoms with E-state index in [2.05, 4.69) is 10.6 Å². The predicted octanol–water partition coefficient (Wildman–Crippen LogP) is 1.46. The number of nitro groups is 1. The summed E-state index contributed by atoms with van der Waals surface area (Å²) in [6.07, 6.45) is 1.87. The zero-order valence-corrected chi connectivity index (χ0v) is 10.9. The van der Waals surface area contributed by atoms with Gasteiger partial charge in [-0.3, -0.25) is 14.9 Å². The topological polar surface area (TPSA) is 84.3 Å². The molecule has 1 atom stereocenters. The predicted molar refractivity (Wildman–Crippen MR) is 71.0 cm³/mol. The molecule has 1 saturated heterocycles. The maximum Gasteiger partial charge on any atom is 0.282 e. The van der Waals surface area contributed by atoms with Crippen molar-refractivity contribution < 1.29 is 14.1 Å². The Balaban J connectivity index is 1.97. The van der Waals surface area contributed by atoms with Crippen LogP contribution in [0.4, 0.5) is 10.1 Å². The van der Waals surface area contributed by atoms with Crippen LogP contribution in [-0.4, -0.2) is 30.5 Å². The maximum absolute atomic E-state index is 13.1. The van der Waals surface area contributed by atoms with E-state index in [4.69, 9.17) is 0 Å². The van der Waals surface area contributed by atoms with Gasteiger partial charge >= 0.3 is 0 Å². The van der Waals surface area contributed by atoms with Crippen LogP contribution in [0, 0.1) is 21.8 Å². The minimum absolute atomic E-state index is 0.237. The summed E-state index contributed by atoms with van der Waals surface area (Å²) >= 11 is 0. The second-order valence-electron chi connectivity index (χ2n) is 4.82. The second-order valence-corrected chi connectivity index (χ2v) is 4.82. The van der Waals surface area contributed by atoms with E-state index in [0.29, 0.717) is 12.5 Å². The molecule has 1 aromatic rings. The van der Waals surface area contributed by atoms with Crippen LogP contribution in [0.25, 0.3) is 0 Å². The van der Waals surface area contributed by atoms with E-state index in [0.717, 1.165) is 44.1 Å². The van der Waals surface area contributed by atoms with E-state index >= 15 is 0 Å². The molecule has 0 bridgehead atoms. The van der Waals surface area contributed by atoms with Crippen LogP contribution in [0.3, 0.4) is 0 Å². The van der Waals surface area contributed by atoms with Gasteiger partial charge in [-0.25, -0.2) is 4.39 Å². The maximum atomic E-state index is 13.1. The molecule has 0 radical (unpaired) electrons. The van der Waals surface area contributed by atoms with Crippen molar-refractivity contribution in [2.24, 2.45) is 5.92 Å². The van der Waals surface area contributed by atoms with Crippen LogP contribution in [0.15, 0.2) is 18.2 Å². The lowest BCUT2D eigenvalue weighted by Crippen LogP contribution is -2.27. The van der Waals surface area contributed by atoms with Crippen molar-refractivity contribution in [2.75, 3.05) is 19.6 Å². The SMILES string of the molecule is O=C(NCCC1CCNC1)c1cc(F)ccc1[N+](=O)[O-]. The van der Waals surface area contributed by atoms with Crippen LogP contribution in [0.5, 0.6) is 0 Å². The molecule has 1 aliphatic rings. The summed E-state index contributed by atoms with van der Waals surface area (Å²) < 4.78 is 13.1. The van der Waals surface area contributed by atoms with Crippen molar-refractivity contribution in [1.29, 1.82) is 0 Å². The minimum atomic E-state index is -0.685. The largest absolute Gasteiger partial charge is 0.352 e. The third kappa shape index (κ3) is 3.51. The van der Waals surface area contributed by atoms with E-state index in [9.17, 15) is 19.3 Å². The number of benzene rings is 1. The first-order chi connectivity index (χ1) is 9.58. The molecular weight excluding hydrogens is 265 g/mol. The monoisotopic (exact) mass is 281 g/mol. The highest BCUT2D eigenvalue weighted by Crippen LogP contribution is 2.19. The Morgan fingerprint density at radius 2 is 2.35 bits per heavy atom. The Hall–Kier alpha value is -2.02. The molecular formula is C13H16FN3O3. The van der Waals surface area contributed by atoms with E-state index in [1.165, 1.54) is 0 Å². The van der Waals surface area contributed by atoms with Crippen molar-refractivity contribution in [3.63, 3.8) is 0 Å². The number of nitrogens with one attached hydrogen (secondary N) is 2. The first-order valence-corrected chi connectivity index (χ1v) is 6.51. The third-order valence-corrected chi connectivity index (χ3v) is 3.40. The summed E-state index contributed by atoms with van der Waals surface area (Å²) in [6.45, 7) is 2.34. The highest BCUT2D eigenvalue weighted by atomic mass is 19.1. The Bertz CT molecular complexity index is 516. The molecule has 1 heterocycles. The van der Waals surface area contributed by atoms with E-state index in [-0.39, 0.29) is 11.3 Å². The Kier molecular flexibility index (Phi) is 4.62. The molecule has 20 heavy (non-hydrogen) atoms. The van der Waals surface area contributed by atoms with E-state index in [1.807, 2.05) is 0 Å². The molecule has 1 amide bonds. The summed E-state index contributed by atoms with van der Waals surface area (Å²) in [6, 6.07) is 2.87. The summed E-state index contributed by atoms with van der Waals surface area (Å²) in [5.74, 6) is -0.763. The quantitative estimate of drug-likeness (QED) is 0.632. The van der Waals surface area contributed by atoms with Crippen molar-refractivity contribution in [3.8, 4) is 0 Å². The fourth-order valence-electron chi connectivity index (χ4n) is 2.30. The lowest BCUT2D eigenvalue weighted by molar-refractivity contribution is -0.385. The number of halogens is 1. The van der Waals surface area contributed by atoms with Gasteiger partial charge in [-0.05, 0) is 44.0 Å². The van der Waals surface area contributed by atoms with Gasteiger partial charge in [0.2, 0.25) is 0 Å². The average molecular weight is 281 g/mol. The molecule has 2 rings (SSSR count). The van der Waals surface area contributed by atoms with Crippen LogP contribution in [-0.2, 0) is 0 Å². The number of hydrogen-bond donors (Lipinski definition) is 2. The first kappa shape index (κ1) is 14.4. The van der Waals surface area contributed by atoms with E-state index in [1.54, 1.807) is 0 Å². The smallest absolute Gasteiger partial charge is 0.282 e. The first-order valence-electron chi connectivity index (χ1n) is 6.51. The number of nitrogens with zero attached hydrogens (tertiary/aromatic N) is 1. The fraction of sp³-hybridized carbons (Fsp3) is 0.462. The molecule has 1 aliphatic heterocycles. The van der Waals surface area contributed by atoms with Gasteiger partial charge in [0, 0.05) is 12.6 Å². The number of carbonyl (C=O) groups excluding carboxylic acids is 1. The molecule has 1 unspecified atom stereocenters. The van der Waals surface area contributed by atoms with Gasteiger partial charge in [-0.1, -0.05) is 0 Å². The van der Waals surface area contributed by atoms with Crippen molar-refractivity contribution in [3.05, 3.63) is 39.7 Å². The summed E-state index contributed by atoms with van der Waals surface area (Å²) in [5, 5.41) is 16.6. The standard InChI is InChI=1S/C13H16FN3O3/c14-10-1-2-12(17(19)20)11(7-10)13(18)16-6-4-9-3-5-15-8-9/h1-2,7,9,15H,3-6,8H2,(H,16,18). The molecule has 0 spiro atoms. The third-order valence-electron chi connectivity index (χ3n) is 3.40. The molecule has 0 aromatic heterocycles. The van der Waals surface area contributed by atoms with Gasteiger partial charge in [0.05, 0.1) is 4.92 Å². The van der Waals surface area contributed by atoms with Gasteiger partial charge in [-0.15, -0.1) is 0 Å². The lowest BCUT2D eigenvalue weighted by Gasteiger charge is -2.09.